The number of ether oxygens (including phenoxy) is 1. The maximum Gasteiger partial charge on any atom is 0.193 e. The Morgan fingerprint density at radius 3 is 2.87 bits per heavy atom. The van der Waals surface area contributed by atoms with Gasteiger partial charge in [0.25, 0.3) is 0 Å². The van der Waals surface area contributed by atoms with Crippen molar-refractivity contribution in [2.45, 2.75) is 32.7 Å². The molecule has 0 spiro atoms. The van der Waals surface area contributed by atoms with Crippen LogP contribution in [0.2, 0.25) is 0 Å². The number of rotatable bonds is 5. The van der Waals surface area contributed by atoms with Gasteiger partial charge in [-0.15, -0.1) is 0 Å². The summed E-state index contributed by atoms with van der Waals surface area (Å²) >= 11 is 0. The number of para-hydroxylation sites is 1. The molecule has 0 heterocycles. The van der Waals surface area contributed by atoms with E-state index in [-0.39, 0.29) is 0 Å². The first kappa shape index (κ1) is 15.4. The third-order valence-electron chi connectivity index (χ3n) is 4.06. The van der Waals surface area contributed by atoms with E-state index in [0.717, 1.165) is 23.4 Å². The van der Waals surface area contributed by atoms with Gasteiger partial charge in [0.05, 0.1) is 13.2 Å². The number of guanidine groups is 1. The van der Waals surface area contributed by atoms with E-state index >= 15 is 0 Å². The number of nitrogens with two attached hydrogens (primary N) is 1. The molecule has 0 amide bonds. The summed E-state index contributed by atoms with van der Waals surface area (Å²) < 4.78 is 5.61. The fourth-order valence-corrected chi connectivity index (χ4v) is 2.94. The molecule has 0 radical (unpaired) electrons. The van der Waals surface area contributed by atoms with Crippen LogP contribution in [-0.4, -0.2) is 12.6 Å². The highest BCUT2D eigenvalue weighted by Gasteiger charge is 2.10. The molecule has 4 heteroatoms. The first-order chi connectivity index (χ1) is 11.3. The van der Waals surface area contributed by atoms with Crippen molar-refractivity contribution in [1.29, 1.82) is 0 Å². The second-order valence-corrected chi connectivity index (χ2v) is 5.70. The van der Waals surface area contributed by atoms with Gasteiger partial charge in [0, 0.05) is 11.3 Å². The van der Waals surface area contributed by atoms with E-state index in [4.69, 9.17) is 10.5 Å². The normalized spacial score (nSPS) is 13.7. The minimum Gasteiger partial charge on any atom is -0.494 e. The molecule has 4 nitrogen and oxygen atoms in total. The second-order valence-electron chi connectivity index (χ2n) is 5.70. The molecule has 23 heavy (non-hydrogen) atoms. The maximum absolute atomic E-state index is 6.02. The van der Waals surface area contributed by atoms with Gasteiger partial charge in [-0.1, -0.05) is 24.3 Å². The van der Waals surface area contributed by atoms with Gasteiger partial charge in [0.15, 0.2) is 5.96 Å². The molecule has 0 aliphatic heterocycles. The highest BCUT2D eigenvalue weighted by atomic mass is 16.5. The molecule has 1 aliphatic rings. The Kier molecular flexibility index (Phi) is 4.81. The van der Waals surface area contributed by atoms with Crippen molar-refractivity contribution in [3.05, 3.63) is 59.2 Å². The zero-order chi connectivity index (χ0) is 16.1. The third-order valence-corrected chi connectivity index (χ3v) is 4.06. The molecule has 0 fully saturated rings. The maximum atomic E-state index is 6.02. The van der Waals surface area contributed by atoms with Crippen LogP contribution in [0.5, 0.6) is 5.75 Å². The van der Waals surface area contributed by atoms with Gasteiger partial charge in [-0.05, 0) is 55.5 Å². The number of benzene rings is 2. The molecule has 0 saturated carbocycles. The van der Waals surface area contributed by atoms with Gasteiger partial charge in [-0.2, -0.15) is 0 Å². The summed E-state index contributed by atoms with van der Waals surface area (Å²) in [5.41, 5.74) is 10.9. The predicted octanol–water partition coefficient (Wildman–Crippen LogP) is 3.50. The molecule has 3 rings (SSSR count). The zero-order valence-electron chi connectivity index (χ0n) is 13.5. The highest BCUT2D eigenvalue weighted by Crippen LogP contribution is 2.25. The van der Waals surface area contributed by atoms with E-state index in [1.807, 2.05) is 31.2 Å². The number of hydrogen-bond acceptors (Lipinski definition) is 2. The Labute approximate surface area is 137 Å². The second kappa shape index (κ2) is 7.18. The van der Waals surface area contributed by atoms with Crippen LogP contribution >= 0.6 is 0 Å². The smallest absolute Gasteiger partial charge is 0.193 e. The molecule has 1 aliphatic carbocycles. The van der Waals surface area contributed by atoms with Crippen LogP contribution in [0.25, 0.3) is 0 Å². The summed E-state index contributed by atoms with van der Waals surface area (Å²) in [5, 5.41) is 3.18. The van der Waals surface area contributed by atoms with Crippen molar-refractivity contribution in [2.75, 3.05) is 11.9 Å². The van der Waals surface area contributed by atoms with Crippen LogP contribution in [0.3, 0.4) is 0 Å². The topological polar surface area (TPSA) is 59.6 Å². The summed E-state index contributed by atoms with van der Waals surface area (Å²) in [6.07, 6.45) is 3.59. The summed E-state index contributed by atoms with van der Waals surface area (Å²) in [6.45, 7) is 3.12. The van der Waals surface area contributed by atoms with Gasteiger partial charge >= 0.3 is 0 Å². The lowest BCUT2D eigenvalue weighted by atomic mass is 10.1. The summed E-state index contributed by atoms with van der Waals surface area (Å²) in [7, 11) is 0. The largest absolute Gasteiger partial charge is 0.494 e. The van der Waals surface area contributed by atoms with Gasteiger partial charge in [0.2, 0.25) is 0 Å². The number of nitrogens with zero attached hydrogens (tertiary/aromatic N) is 1. The van der Waals surface area contributed by atoms with Crippen molar-refractivity contribution in [1.82, 2.24) is 0 Å². The minimum atomic E-state index is 0.425. The van der Waals surface area contributed by atoms with Gasteiger partial charge in [0.1, 0.15) is 5.75 Å². The van der Waals surface area contributed by atoms with Crippen molar-refractivity contribution in [3.63, 3.8) is 0 Å². The number of fused-ring (bicyclic) bond motifs is 1. The van der Waals surface area contributed by atoms with Crippen molar-refractivity contribution < 1.29 is 4.74 Å². The SMILES string of the molecule is CCOc1ccccc1CN=C(N)Nc1ccc2c(c1)CCC2. The van der Waals surface area contributed by atoms with Gasteiger partial charge in [-0.3, -0.25) is 0 Å². The van der Waals surface area contributed by atoms with Crippen molar-refractivity contribution in [2.24, 2.45) is 10.7 Å². The summed E-state index contributed by atoms with van der Waals surface area (Å²) in [6, 6.07) is 14.3. The molecule has 0 saturated heterocycles. The molecule has 0 unspecified atom stereocenters. The number of hydrogen-bond donors (Lipinski definition) is 2. The molecule has 3 N–H and O–H groups in total. The average Bonchev–Trinajstić information content (AvgIpc) is 3.02. The van der Waals surface area contributed by atoms with E-state index in [1.54, 1.807) is 0 Å². The minimum absolute atomic E-state index is 0.425. The number of aryl methyl sites for hydroxylation is 2. The lowest BCUT2D eigenvalue weighted by Gasteiger charge is -2.10. The highest BCUT2D eigenvalue weighted by molar-refractivity contribution is 5.92. The van der Waals surface area contributed by atoms with Gasteiger partial charge in [-0.25, -0.2) is 4.99 Å². The summed E-state index contributed by atoms with van der Waals surface area (Å²) in [4.78, 5) is 4.43. The Bertz CT molecular complexity index is 710. The average molecular weight is 309 g/mol. The molecule has 0 bridgehead atoms. The Hall–Kier alpha value is -2.49. The predicted molar refractivity (Wildman–Crippen MR) is 95.0 cm³/mol. The summed E-state index contributed by atoms with van der Waals surface area (Å²) in [5.74, 6) is 1.29. The van der Waals surface area contributed by atoms with E-state index in [0.29, 0.717) is 19.1 Å². The lowest BCUT2D eigenvalue weighted by Crippen LogP contribution is -2.22. The molecule has 2 aromatic rings. The molecule has 0 aromatic heterocycles. The first-order valence-corrected chi connectivity index (χ1v) is 8.15. The lowest BCUT2D eigenvalue weighted by molar-refractivity contribution is 0.336. The molecule has 0 atom stereocenters. The van der Waals surface area contributed by atoms with Crippen LogP contribution in [0.4, 0.5) is 5.69 Å². The molecule has 120 valence electrons. The van der Waals surface area contributed by atoms with Gasteiger partial charge < -0.3 is 15.8 Å². The van der Waals surface area contributed by atoms with Crippen LogP contribution in [0, 0.1) is 0 Å². The first-order valence-electron chi connectivity index (χ1n) is 8.15. The number of anilines is 1. The van der Waals surface area contributed by atoms with Crippen LogP contribution in [0.1, 0.15) is 30.0 Å². The monoisotopic (exact) mass is 309 g/mol. The van der Waals surface area contributed by atoms with Crippen LogP contribution < -0.4 is 15.8 Å². The standard InChI is InChI=1S/C19H23N3O/c1-2-23-18-9-4-3-6-16(18)13-21-19(20)22-17-11-10-14-7-5-8-15(14)12-17/h3-4,6,9-12H,2,5,7-8,13H2,1H3,(H3,20,21,22). The van der Waals surface area contributed by atoms with E-state index in [2.05, 4.69) is 28.5 Å². The molecular weight excluding hydrogens is 286 g/mol. The Morgan fingerprint density at radius 1 is 1.17 bits per heavy atom. The third kappa shape index (κ3) is 3.83. The van der Waals surface area contributed by atoms with Crippen LogP contribution in [-0.2, 0) is 19.4 Å². The Morgan fingerprint density at radius 2 is 2.00 bits per heavy atom. The molecule has 2 aromatic carbocycles. The zero-order valence-corrected chi connectivity index (χ0v) is 13.5. The van der Waals surface area contributed by atoms with Crippen molar-refractivity contribution in [3.8, 4) is 5.75 Å². The van der Waals surface area contributed by atoms with Crippen molar-refractivity contribution >= 4 is 11.6 Å². The Balaban J connectivity index is 1.66. The number of nitrogens with one attached hydrogen (secondary N) is 1. The molecular formula is C19H23N3O. The fraction of sp³-hybridized carbons (Fsp3) is 0.316. The fourth-order valence-electron chi connectivity index (χ4n) is 2.94. The quantitative estimate of drug-likeness (QED) is 0.656. The van der Waals surface area contributed by atoms with E-state index in [1.165, 1.54) is 24.0 Å². The van der Waals surface area contributed by atoms with E-state index in [9.17, 15) is 0 Å². The van der Waals surface area contributed by atoms with E-state index < -0.39 is 0 Å². The number of aliphatic imine (C=N–C) groups is 1. The van der Waals surface area contributed by atoms with Crippen LogP contribution in [0.15, 0.2) is 47.5 Å².